The number of phenols is 1. The van der Waals surface area contributed by atoms with Crippen LogP contribution in [0.1, 0.15) is 10.4 Å². The number of amides is 1. The summed E-state index contributed by atoms with van der Waals surface area (Å²) in [6.45, 7) is -0.360. The predicted molar refractivity (Wildman–Crippen MR) is 55.2 cm³/mol. The van der Waals surface area contributed by atoms with Crippen LogP contribution in [0.5, 0.6) is 5.75 Å². The highest BCUT2D eigenvalue weighted by Gasteiger charge is 2.17. The van der Waals surface area contributed by atoms with Gasteiger partial charge in [-0.15, -0.1) is 0 Å². The van der Waals surface area contributed by atoms with Gasteiger partial charge in [-0.25, -0.2) is 0 Å². The number of carbonyl (C=O) groups is 1. The molecule has 0 unspecified atom stereocenters. The molecule has 0 atom stereocenters. The Balaban J connectivity index is 2.96. The highest BCUT2D eigenvalue weighted by molar-refractivity contribution is 5.97. The van der Waals surface area contributed by atoms with E-state index in [0.717, 1.165) is 4.90 Å². The quantitative estimate of drug-likeness (QED) is 0.758. The summed E-state index contributed by atoms with van der Waals surface area (Å²) in [6.07, 6.45) is 0. The van der Waals surface area contributed by atoms with Gasteiger partial charge in [0, 0.05) is 0 Å². The number of nitrogens with zero attached hydrogens (tertiary/aromatic N) is 3. The molecule has 0 bridgehead atoms. The lowest BCUT2D eigenvalue weighted by molar-refractivity contribution is 0.0791. The van der Waals surface area contributed by atoms with Gasteiger partial charge < -0.3 is 10.0 Å². The number of rotatable bonds is 3. The maximum atomic E-state index is 11.8. The standard InChI is InChI=1S/C11H9N3O2/c12-5-7-14(8-6-13)11(16)9-3-1-2-4-10(9)15/h1-4,15H,7-8H2. The molecule has 1 aromatic rings. The molecular formula is C11H9N3O2. The third kappa shape index (κ3) is 2.49. The average molecular weight is 215 g/mol. The molecule has 0 spiro atoms. The molecule has 0 heterocycles. The number of hydrogen-bond donors (Lipinski definition) is 1. The summed E-state index contributed by atoms with van der Waals surface area (Å²) in [5.74, 6) is -0.686. The first-order chi connectivity index (χ1) is 7.70. The second-order valence-corrected chi connectivity index (χ2v) is 2.99. The molecule has 0 fully saturated rings. The van der Waals surface area contributed by atoms with Gasteiger partial charge in [0.2, 0.25) is 0 Å². The van der Waals surface area contributed by atoms with Crippen LogP contribution in [0.2, 0.25) is 0 Å². The Kier molecular flexibility index (Phi) is 3.88. The van der Waals surface area contributed by atoms with Crippen LogP contribution in [-0.2, 0) is 0 Å². The number of aromatic hydroxyl groups is 1. The van der Waals surface area contributed by atoms with Gasteiger partial charge in [0.1, 0.15) is 18.8 Å². The first kappa shape index (κ1) is 11.5. The molecule has 0 aliphatic rings. The number of carbonyl (C=O) groups excluding carboxylic acids is 1. The van der Waals surface area contributed by atoms with Crippen molar-refractivity contribution in [3.8, 4) is 17.9 Å². The Morgan fingerprint density at radius 3 is 2.31 bits per heavy atom. The zero-order valence-corrected chi connectivity index (χ0v) is 8.42. The molecule has 0 saturated carbocycles. The molecule has 16 heavy (non-hydrogen) atoms. The van der Waals surface area contributed by atoms with E-state index in [-0.39, 0.29) is 24.4 Å². The van der Waals surface area contributed by atoms with Crippen molar-refractivity contribution >= 4 is 5.91 Å². The Bertz CT molecular complexity index is 455. The van der Waals surface area contributed by atoms with Crippen LogP contribution < -0.4 is 0 Å². The van der Waals surface area contributed by atoms with Gasteiger partial charge in [0.05, 0.1) is 17.7 Å². The average Bonchev–Trinajstić information content (AvgIpc) is 2.28. The molecule has 0 saturated heterocycles. The third-order valence-electron chi connectivity index (χ3n) is 1.94. The number of benzene rings is 1. The number of para-hydroxylation sites is 1. The fourth-order valence-electron chi connectivity index (χ4n) is 1.20. The smallest absolute Gasteiger partial charge is 0.259 e. The van der Waals surface area contributed by atoms with Gasteiger partial charge in [-0.2, -0.15) is 10.5 Å². The summed E-state index contributed by atoms with van der Waals surface area (Å²) >= 11 is 0. The van der Waals surface area contributed by atoms with Crippen LogP contribution >= 0.6 is 0 Å². The molecule has 5 nitrogen and oxygen atoms in total. The Hall–Kier alpha value is -2.53. The maximum Gasteiger partial charge on any atom is 0.259 e. The summed E-state index contributed by atoms with van der Waals surface area (Å²) in [7, 11) is 0. The number of phenolic OH excluding ortho intramolecular Hbond substituents is 1. The van der Waals surface area contributed by atoms with Crippen LogP contribution in [0.4, 0.5) is 0 Å². The van der Waals surface area contributed by atoms with E-state index in [1.807, 2.05) is 0 Å². The fraction of sp³-hybridized carbons (Fsp3) is 0.182. The van der Waals surface area contributed by atoms with E-state index in [1.165, 1.54) is 12.1 Å². The highest BCUT2D eigenvalue weighted by atomic mass is 16.3. The molecular weight excluding hydrogens is 206 g/mol. The third-order valence-corrected chi connectivity index (χ3v) is 1.94. The Morgan fingerprint density at radius 1 is 1.25 bits per heavy atom. The lowest BCUT2D eigenvalue weighted by Crippen LogP contribution is -2.31. The lowest BCUT2D eigenvalue weighted by Gasteiger charge is -2.16. The summed E-state index contributed by atoms with van der Waals surface area (Å²) in [6, 6.07) is 9.60. The minimum Gasteiger partial charge on any atom is -0.507 e. The first-order valence-electron chi connectivity index (χ1n) is 4.52. The first-order valence-corrected chi connectivity index (χ1v) is 4.52. The lowest BCUT2D eigenvalue weighted by atomic mass is 10.1. The van der Waals surface area contributed by atoms with E-state index < -0.39 is 5.91 Å². The van der Waals surface area contributed by atoms with E-state index in [4.69, 9.17) is 10.5 Å². The van der Waals surface area contributed by atoms with Crippen molar-refractivity contribution < 1.29 is 9.90 Å². The zero-order chi connectivity index (χ0) is 12.0. The summed E-state index contributed by atoms with van der Waals surface area (Å²) in [5, 5.41) is 26.5. The summed E-state index contributed by atoms with van der Waals surface area (Å²) in [4.78, 5) is 12.9. The van der Waals surface area contributed by atoms with Gasteiger partial charge >= 0.3 is 0 Å². The molecule has 0 aliphatic heterocycles. The topological polar surface area (TPSA) is 88.1 Å². The highest BCUT2D eigenvalue weighted by Crippen LogP contribution is 2.17. The van der Waals surface area contributed by atoms with Crippen LogP contribution in [0.3, 0.4) is 0 Å². The number of nitriles is 2. The minimum absolute atomic E-state index is 0.0907. The molecule has 1 amide bonds. The van der Waals surface area contributed by atoms with Gasteiger partial charge in [-0.3, -0.25) is 4.79 Å². The maximum absolute atomic E-state index is 11.8. The van der Waals surface area contributed by atoms with Crippen molar-refractivity contribution in [3.05, 3.63) is 29.8 Å². The van der Waals surface area contributed by atoms with Crippen LogP contribution in [0.25, 0.3) is 0 Å². The van der Waals surface area contributed by atoms with Gasteiger partial charge in [0.25, 0.3) is 5.91 Å². The molecule has 5 heteroatoms. The Morgan fingerprint density at radius 2 is 1.81 bits per heavy atom. The van der Waals surface area contributed by atoms with Crippen LogP contribution in [-0.4, -0.2) is 29.0 Å². The van der Waals surface area contributed by atoms with Crippen molar-refractivity contribution in [2.24, 2.45) is 0 Å². The van der Waals surface area contributed by atoms with Crippen molar-refractivity contribution in [3.63, 3.8) is 0 Å². The fourth-order valence-corrected chi connectivity index (χ4v) is 1.20. The molecule has 80 valence electrons. The van der Waals surface area contributed by atoms with Crippen LogP contribution in [0, 0.1) is 22.7 Å². The van der Waals surface area contributed by atoms with E-state index >= 15 is 0 Å². The van der Waals surface area contributed by atoms with Gasteiger partial charge in [-0.1, -0.05) is 12.1 Å². The van der Waals surface area contributed by atoms with Crippen molar-refractivity contribution in [1.82, 2.24) is 4.90 Å². The van der Waals surface area contributed by atoms with E-state index in [0.29, 0.717) is 0 Å². The van der Waals surface area contributed by atoms with Crippen molar-refractivity contribution in [1.29, 1.82) is 10.5 Å². The van der Waals surface area contributed by atoms with E-state index in [1.54, 1.807) is 24.3 Å². The van der Waals surface area contributed by atoms with Gasteiger partial charge in [-0.05, 0) is 12.1 Å². The van der Waals surface area contributed by atoms with Crippen LogP contribution in [0.15, 0.2) is 24.3 Å². The van der Waals surface area contributed by atoms with E-state index in [2.05, 4.69) is 0 Å². The van der Waals surface area contributed by atoms with E-state index in [9.17, 15) is 9.90 Å². The zero-order valence-electron chi connectivity index (χ0n) is 8.42. The molecule has 0 aliphatic carbocycles. The molecule has 1 aromatic carbocycles. The normalized spacial score (nSPS) is 8.88. The minimum atomic E-state index is -0.527. The number of hydrogen-bond acceptors (Lipinski definition) is 4. The SMILES string of the molecule is N#CCN(CC#N)C(=O)c1ccccc1O. The molecule has 1 N–H and O–H groups in total. The second-order valence-electron chi connectivity index (χ2n) is 2.99. The molecule has 1 rings (SSSR count). The predicted octanol–water partition coefficient (Wildman–Crippen LogP) is 0.882. The van der Waals surface area contributed by atoms with Gasteiger partial charge in [0.15, 0.2) is 0 Å². The summed E-state index contributed by atoms with van der Waals surface area (Å²) < 4.78 is 0. The molecule has 0 radical (unpaired) electrons. The molecule has 0 aromatic heterocycles. The largest absolute Gasteiger partial charge is 0.507 e. The second kappa shape index (κ2) is 5.38. The summed E-state index contributed by atoms with van der Waals surface area (Å²) in [5.41, 5.74) is 0.0907. The van der Waals surface area contributed by atoms with Crippen molar-refractivity contribution in [2.45, 2.75) is 0 Å². The Labute approximate surface area is 92.8 Å². The van der Waals surface area contributed by atoms with Crippen molar-refractivity contribution in [2.75, 3.05) is 13.1 Å². The monoisotopic (exact) mass is 215 g/mol.